The van der Waals surface area contributed by atoms with Gasteiger partial charge in [0, 0.05) is 9.11 Å². The molecule has 1 aromatic heterocycles. The maximum atomic E-state index is 5.68. The molecule has 0 aliphatic rings. The molecule has 102 valence electrons. The van der Waals surface area contributed by atoms with Crippen molar-refractivity contribution in [3.05, 3.63) is 32.8 Å². The first-order valence-corrected chi connectivity index (χ1v) is 7.83. The predicted octanol–water partition coefficient (Wildman–Crippen LogP) is 3.82. The topological polar surface area (TPSA) is 47.0 Å². The summed E-state index contributed by atoms with van der Waals surface area (Å²) in [4.78, 5) is 0. The highest BCUT2D eigenvalue weighted by atomic mass is 127. The third kappa shape index (κ3) is 5.04. The Morgan fingerprint density at radius 1 is 1.32 bits per heavy atom. The molecular formula is C13H16IN3OS. The lowest BCUT2D eigenvalue weighted by molar-refractivity contribution is 0.423. The Hall–Kier alpha value is -0.730. The number of halogens is 1. The van der Waals surface area contributed by atoms with Gasteiger partial charge in [-0.05, 0) is 61.6 Å². The first-order chi connectivity index (χ1) is 8.92. The van der Waals surface area contributed by atoms with Gasteiger partial charge in [-0.15, -0.1) is 5.10 Å². The third-order valence-electron chi connectivity index (χ3n) is 2.22. The number of hydrogen-bond donors (Lipinski definition) is 1. The zero-order chi connectivity index (χ0) is 13.9. The highest BCUT2D eigenvalue weighted by Crippen LogP contribution is 2.26. The molecule has 0 saturated carbocycles. The van der Waals surface area contributed by atoms with E-state index in [-0.39, 0.29) is 5.54 Å². The van der Waals surface area contributed by atoms with Crippen molar-refractivity contribution in [2.24, 2.45) is 0 Å². The summed E-state index contributed by atoms with van der Waals surface area (Å²) in [7, 11) is 0. The van der Waals surface area contributed by atoms with Crippen LogP contribution in [0.15, 0.2) is 24.3 Å². The summed E-state index contributed by atoms with van der Waals surface area (Å²) in [5.41, 5.74) is 0.0717. The smallest absolute Gasteiger partial charge is 0.299 e. The van der Waals surface area contributed by atoms with Gasteiger partial charge in [-0.2, -0.15) is 0 Å². The fourth-order valence-electron chi connectivity index (χ4n) is 1.32. The van der Waals surface area contributed by atoms with Crippen molar-refractivity contribution in [2.75, 3.05) is 0 Å². The fraction of sp³-hybridized carbons (Fsp3) is 0.385. The summed E-state index contributed by atoms with van der Waals surface area (Å²) in [6.07, 6.45) is 0. The van der Waals surface area contributed by atoms with Crippen LogP contribution in [0.25, 0.3) is 0 Å². The molecular weight excluding hydrogens is 373 g/mol. The normalized spacial score (nSPS) is 11.6. The minimum Gasteiger partial charge on any atom is -0.430 e. The van der Waals surface area contributed by atoms with Crippen molar-refractivity contribution < 1.29 is 4.74 Å². The third-order valence-corrected chi connectivity index (χ3v) is 3.69. The Balaban J connectivity index is 1.97. The first-order valence-electron chi connectivity index (χ1n) is 5.93. The minimum absolute atomic E-state index is 0.0717. The number of rotatable bonds is 4. The molecule has 2 rings (SSSR count). The number of nitrogens with one attached hydrogen (secondary N) is 1. The van der Waals surface area contributed by atoms with Crippen LogP contribution in [0.3, 0.4) is 0 Å². The molecule has 0 aliphatic heterocycles. The van der Waals surface area contributed by atoms with Crippen LogP contribution in [-0.2, 0) is 6.54 Å². The van der Waals surface area contributed by atoms with E-state index < -0.39 is 0 Å². The Morgan fingerprint density at radius 3 is 2.79 bits per heavy atom. The number of benzene rings is 1. The average Bonchev–Trinajstić information content (AvgIpc) is 2.73. The second-order valence-corrected chi connectivity index (χ2v) is 7.39. The Bertz CT molecular complexity index is 551. The monoisotopic (exact) mass is 389 g/mol. The predicted molar refractivity (Wildman–Crippen MR) is 85.7 cm³/mol. The highest BCUT2D eigenvalue weighted by Gasteiger charge is 2.11. The molecule has 0 bridgehead atoms. The van der Waals surface area contributed by atoms with E-state index in [2.05, 4.69) is 58.9 Å². The van der Waals surface area contributed by atoms with Gasteiger partial charge in [-0.1, -0.05) is 22.5 Å². The van der Waals surface area contributed by atoms with Gasteiger partial charge in [-0.25, -0.2) is 0 Å². The maximum Gasteiger partial charge on any atom is 0.299 e. The van der Waals surface area contributed by atoms with E-state index in [9.17, 15) is 0 Å². The summed E-state index contributed by atoms with van der Waals surface area (Å²) in [6.45, 7) is 7.07. The van der Waals surface area contributed by atoms with Crippen LogP contribution in [0.1, 0.15) is 25.8 Å². The lowest BCUT2D eigenvalue weighted by atomic mass is 10.1. The summed E-state index contributed by atoms with van der Waals surface area (Å²) in [5, 5.41) is 13.0. The second-order valence-electron chi connectivity index (χ2n) is 5.12. The van der Waals surface area contributed by atoms with Gasteiger partial charge in [0.15, 0.2) is 0 Å². The molecule has 4 nitrogen and oxygen atoms in total. The van der Waals surface area contributed by atoms with Crippen molar-refractivity contribution in [1.29, 1.82) is 0 Å². The van der Waals surface area contributed by atoms with Crippen LogP contribution in [0, 0.1) is 3.57 Å². The van der Waals surface area contributed by atoms with Gasteiger partial charge < -0.3 is 10.1 Å². The molecule has 0 fully saturated rings. The van der Waals surface area contributed by atoms with Crippen molar-refractivity contribution in [3.8, 4) is 10.9 Å². The molecule has 19 heavy (non-hydrogen) atoms. The van der Waals surface area contributed by atoms with Crippen molar-refractivity contribution in [2.45, 2.75) is 32.9 Å². The van der Waals surface area contributed by atoms with E-state index in [4.69, 9.17) is 4.74 Å². The number of nitrogens with zero attached hydrogens (tertiary/aromatic N) is 2. The lowest BCUT2D eigenvalue weighted by Gasteiger charge is -2.19. The molecule has 1 aromatic carbocycles. The van der Waals surface area contributed by atoms with Gasteiger partial charge in [0.2, 0.25) is 0 Å². The van der Waals surface area contributed by atoms with Crippen molar-refractivity contribution in [1.82, 2.24) is 15.5 Å². The summed E-state index contributed by atoms with van der Waals surface area (Å²) >= 11 is 3.72. The van der Waals surface area contributed by atoms with Gasteiger partial charge in [0.25, 0.3) is 5.19 Å². The first kappa shape index (κ1) is 14.7. The van der Waals surface area contributed by atoms with E-state index in [0.29, 0.717) is 11.7 Å². The van der Waals surface area contributed by atoms with Crippen LogP contribution < -0.4 is 10.1 Å². The fourth-order valence-corrected chi connectivity index (χ4v) is 2.48. The van der Waals surface area contributed by atoms with Gasteiger partial charge in [0.1, 0.15) is 10.8 Å². The molecule has 0 unspecified atom stereocenters. The van der Waals surface area contributed by atoms with E-state index in [0.717, 1.165) is 14.3 Å². The summed E-state index contributed by atoms with van der Waals surface area (Å²) < 4.78 is 6.82. The quantitative estimate of drug-likeness (QED) is 0.808. The van der Waals surface area contributed by atoms with Gasteiger partial charge in [0.05, 0.1) is 6.54 Å². The lowest BCUT2D eigenvalue weighted by Crippen LogP contribution is -2.35. The number of ether oxygens (including phenoxy) is 1. The molecule has 6 heteroatoms. The van der Waals surface area contributed by atoms with Gasteiger partial charge in [-0.3, -0.25) is 0 Å². The molecule has 1 heterocycles. The van der Waals surface area contributed by atoms with E-state index >= 15 is 0 Å². The van der Waals surface area contributed by atoms with Crippen LogP contribution in [0.5, 0.6) is 10.9 Å². The van der Waals surface area contributed by atoms with Crippen molar-refractivity contribution in [3.63, 3.8) is 0 Å². The molecule has 0 atom stereocenters. The Labute approximate surface area is 130 Å². The van der Waals surface area contributed by atoms with Crippen LogP contribution in [0.4, 0.5) is 0 Å². The molecule has 1 N–H and O–H groups in total. The van der Waals surface area contributed by atoms with Crippen LogP contribution in [0.2, 0.25) is 0 Å². The average molecular weight is 389 g/mol. The molecule has 0 spiro atoms. The van der Waals surface area contributed by atoms with Crippen LogP contribution >= 0.6 is 33.9 Å². The zero-order valence-corrected chi connectivity index (χ0v) is 14.1. The Kier molecular flexibility index (Phi) is 4.75. The van der Waals surface area contributed by atoms with Gasteiger partial charge >= 0.3 is 0 Å². The molecule has 0 saturated heterocycles. The molecule has 0 amide bonds. The van der Waals surface area contributed by atoms with E-state index in [1.807, 2.05) is 24.3 Å². The van der Waals surface area contributed by atoms with Crippen molar-refractivity contribution >= 4 is 33.9 Å². The molecule has 0 aliphatic carbocycles. The number of hydrogen-bond acceptors (Lipinski definition) is 5. The zero-order valence-electron chi connectivity index (χ0n) is 11.1. The van der Waals surface area contributed by atoms with Crippen LogP contribution in [-0.4, -0.2) is 15.7 Å². The Morgan fingerprint density at radius 2 is 2.11 bits per heavy atom. The second kappa shape index (κ2) is 6.15. The molecule has 0 radical (unpaired) electrons. The maximum absolute atomic E-state index is 5.68. The SMILES string of the molecule is CC(C)(C)NCc1nnc(Oc2cccc(I)c2)s1. The van der Waals surface area contributed by atoms with E-state index in [1.54, 1.807) is 0 Å². The summed E-state index contributed by atoms with van der Waals surface area (Å²) in [6, 6.07) is 7.86. The minimum atomic E-state index is 0.0717. The summed E-state index contributed by atoms with van der Waals surface area (Å²) in [5.74, 6) is 0.790. The largest absolute Gasteiger partial charge is 0.430 e. The molecule has 2 aromatic rings. The number of aromatic nitrogens is 2. The standard InChI is InChI=1S/C13H16IN3OS/c1-13(2,3)15-8-11-16-17-12(19-11)18-10-6-4-5-9(14)7-10/h4-7,15H,8H2,1-3H3. The highest BCUT2D eigenvalue weighted by molar-refractivity contribution is 14.1. The van der Waals surface area contributed by atoms with E-state index in [1.165, 1.54) is 11.3 Å².